The van der Waals surface area contributed by atoms with E-state index in [1.807, 2.05) is 39.0 Å². The first-order valence-electron chi connectivity index (χ1n) is 7.66. The third kappa shape index (κ3) is 4.83. The summed E-state index contributed by atoms with van der Waals surface area (Å²) < 4.78 is 23.9. The van der Waals surface area contributed by atoms with Gasteiger partial charge in [-0.05, 0) is 25.8 Å². The Morgan fingerprint density at radius 1 is 1.32 bits per heavy atom. The van der Waals surface area contributed by atoms with Crippen molar-refractivity contribution in [2.45, 2.75) is 51.7 Å². The second kappa shape index (κ2) is 7.27. The molecule has 0 bridgehead atoms. The minimum absolute atomic E-state index is 0.0445. The molecule has 0 heterocycles. The normalized spacial score (nSPS) is 13.7. The number of benzene rings is 1. The van der Waals surface area contributed by atoms with Gasteiger partial charge in [-0.1, -0.05) is 50.6 Å². The Morgan fingerprint density at radius 2 is 1.95 bits per heavy atom. The Bertz CT molecular complexity index is 621. The van der Waals surface area contributed by atoms with Crippen molar-refractivity contribution in [3.05, 3.63) is 35.4 Å². The van der Waals surface area contributed by atoms with Crippen LogP contribution in [0, 0.1) is 6.92 Å². The highest BCUT2D eigenvalue weighted by atomic mass is 32.2. The summed E-state index contributed by atoms with van der Waals surface area (Å²) in [6, 6.07) is 8.12. The number of hydrogen-bond donors (Lipinski definition) is 1. The standard InChI is InChI=1S/C17H27NO3S/c1-6-10-22(20,21)14(3)16(19)18-12-17(4,5)15-9-7-8-13(2)11-15/h7-9,11,14H,6,10,12H2,1-5H3,(H,18,19)/t14-/m1/s1. The van der Waals surface area contributed by atoms with Crippen LogP contribution in [0.4, 0.5) is 0 Å². The van der Waals surface area contributed by atoms with Gasteiger partial charge < -0.3 is 5.32 Å². The lowest BCUT2D eigenvalue weighted by atomic mass is 9.84. The van der Waals surface area contributed by atoms with Gasteiger partial charge >= 0.3 is 0 Å². The van der Waals surface area contributed by atoms with Gasteiger partial charge in [0, 0.05) is 12.0 Å². The quantitative estimate of drug-likeness (QED) is 0.838. The van der Waals surface area contributed by atoms with Crippen LogP contribution in [0.5, 0.6) is 0 Å². The predicted molar refractivity (Wildman–Crippen MR) is 90.8 cm³/mol. The van der Waals surface area contributed by atoms with E-state index in [2.05, 4.69) is 11.4 Å². The molecule has 0 aliphatic carbocycles. The fourth-order valence-electron chi connectivity index (χ4n) is 2.24. The number of nitrogens with one attached hydrogen (secondary N) is 1. The molecule has 1 aromatic rings. The van der Waals surface area contributed by atoms with Gasteiger partial charge in [0.15, 0.2) is 9.84 Å². The van der Waals surface area contributed by atoms with Crippen LogP contribution in [0.1, 0.15) is 45.2 Å². The average Bonchev–Trinajstić information content (AvgIpc) is 2.44. The van der Waals surface area contributed by atoms with Crippen molar-refractivity contribution in [1.29, 1.82) is 0 Å². The molecule has 5 heteroatoms. The fourth-order valence-corrected chi connectivity index (χ4v) is 3.58. The fraction of sp³-hybridized carbons (Fsp3) is 0.588. The van der Waals surface area contributed by atoms with Crippen molar-refractivity contribution in [2.75, 3.05) is 12.3 Å². The van der Waals surface area contributed by atoms with Crippen molar-refractivity contribution in [3.63, 3.8) is 0 Å². The molecule has 0 aliphatic rings. The average molecular weight is 325 g/mol. The minimum atomic E-state index is -3.36. The zero-order valence-corrected chi connectivity index (χ0v) is 15.0. The molecule has 0 fully saturated rings. The van der Waals surface area contributed by atoms with E-state index in [0.29, 0.717) is 13.0 Å². The van der Waals surface area contributed by atoms with Crippen LogP contribution in [-0.4, -0.2) is 31.9 Å². The zero-order valence-electron chi connectivity index (χ0n) is 14.1. The monoisotopic (exact) mass is 325 g/mol. The van der Waals surface area contributed by atoms with Crippen LogP contribution >= 0.6 is 0 Å². The highest BCUT2D eigenvalue weighted by Crippen LogP contribution is 2.23. The maximum Gasteiger partial charge on any atom is 0.238 e. The maximum atomic E-state index is 12.1. The summed E-state index contributed by atoms with van der Waals surface area (Å²) in [6.45, 7) is 9.75. The molecule has 0 aromatic heterocycles. The predicted octanol–water partition coefficient (Wildman–Crippen LogP) is 2.60. The van der Waals surface area contributed by atoms with E-state index in [9.17, 15) is 13.2 Å². The Hall–Kier alpha value is -1.36. The second-order valence-corrected chi connectivity index (χ2v) is 8.92. The van der Waals surface area contributed by atoms with Crippen molar-refractivity contribution in [1.82, 2.24) is 5.32 Å². The number of aryl methyl sites for hydroxylation is 1. The molecule has 1 N–H and O–H groups in total. The summed E-state index contributed by atoms with van der Waals surface area (Å²) in [6.07, 6.45) is 0.523. The van der Waals surface area contributed by atoms with Gasteiger partial charge in [-0.3, -0.25) is 4.79 Å². The Balaban J connectivity index is 2.74. The van der Waals surface area contributed by atoms with Crippen molar-refractivity contribution < 1.29 is 13.2 Å². The first-order chi connectivity index (χ1) is 10.1. The van der Waals surface area contributed by atoms with Crippen molar-refractivity contribution in [3.8, 4) is 0 Å². The lowest BCUT2D eigenvalue weighted by molar-refractivity contribution is -0.120. The number of amides is 1. The molecule has 22 heavy (non-hydrogen) atoms. The molecule has 0 unspecified atom stereocenters. The van der Waals surface area contributed by atoms with Crippen LogP contribution in [0.15, 0.2) is 24.3 Å². The molecule has 0 saturated heterocycles. The van der Waals surface area contributed by atoms with Crippen LogP contribution in [0.3, 0.4) is 0 Å². The van der Waals surface area contributed by atoms with Gasteiger partial charge in [-0.25, -0.2) is 8.42 Å². The third-order valence-electron chi connectivity index (χ3n) is 3.90. The van der Waals surface area contributed by atoms with E-state index < -0.39 is 21.0 Å². The smallest absolute Gasteiger partial charge is 0.238 e. The molecule has 1 atom stereocenters. The maximum absolute atomic E-state index is 12.1. The second-order valence-electron chi connectivity index (χ2n) is 6.48. The van der Waals surface area contributed by atoms with Gasteiger partial charge in [0.25, 0.3) is 0 Å². The molecule has 4 nitrogen and oxygen atoms in total. The number of rotatable bonds is 7. The molecule has 0 aliphatic heterocycles. The largest absolute Gasteiger partial charge is 0.354 e. The van der Waals surface area contributed by atoms with Gasteiger partial charge in [0.05, 0.1) is 5.75 Å². The minimum Gasteiger partial charge on any atom is -0.354 e. The van der Waals surface area contributed by atoms with E-state index in [1.54, 1.807) is 6.92 Å². The molecular weight excluding hydrogens is 298 g/mol. The van der Waals surface area contributed by atoms with E-state index in [1.165, 1.54) is 6.92 Å². The summed E-state index contributed by atoms with van der Waals surface area (Å²) in [5.74, 6) is -0.378. The van der Waals surface area contributed by atoms with Gasteiger partial charge in [0.1, 0.15) is 5.25 Å². The van der Waals surface area contributed by atoms with Gasteiger partial charge in [-0.2, -0.15) is 0 Å². The lowest BCUT2D eigenvalue weighted by Crippen LogP contribution is -2.44. The van der Waals surface area contributed by atoms with Crippen molar-refractivity contribution >= 4 is 15.7 Å². The molecule has 1 amide bonds. The first-order valence-corrected chi connectivity index (χ1v) is 9.38. The number of carbonyl (C=O) groups is 1. The summed E-state index contributed by atoms with van der Waals surface area (Å²) in [7, 11) is -3.36. The van der Waals surface area contributed by atoms with Crippen molar-refractivity contribution in [2.24, 2.45) is 0 Å². The Morgan fingerprint density at radius 3 is 2.50 bits per heavy atom. The molecular formula is C17H27NO3S. The van der Waals surface area contributed by atoms with E-state index >= 15 is 0 Å². The Labute approximate surface area is 134 Å². The molecule has 0 spiro atoms. The SMILES string of the molecule is CCCS(=O)(=O)[C@H](C)C(=O)NCC(C)(C)c1cccc(C)c1. The topological polar surface area (TPSA) is 63.2 Å². The number of sulfone groups is 1. The summed E-state index contributed by atoms with van der Waals surface area (Å²) in [4.78, 5) is 12.1. The highest BCUT2D eigenvalue weighted by molar-refractivity contribution is 7.92. The third-order valence-corrected chi connectivity index (χ3v) is 6.17. The number of carbonyl (C=O) groups excluding carboxylic acids is 1. The number of hydrogen-bond acceptors (Lipinski definition) is 3. The van der Waals surface area contributed by atoms with E-state index in [4.69, 9.17) is 0 Å². The van der Waals surface area contributed by atoms with Crippen LogP contribution in [0.2, 0.25) is 0 Å². The Kier molecular flexibility index (Phi) is 6.17. The summed E-state index contributed by atoms with van der Waals surface area (Å²) in [5, 5.41) is 1.79. The first kappa shape index (κ1) is 18.7. The van der Waals surface area contributed by atoms with E-state index in [-0.39, 0.29) is 11.2 Å². The molecule has 0 saturated carbocycles. The van der Waals surface area contributed by atoms with Crippen LogP contribution in [0.25, 0.3) is 0 Å². The highest BCUT2D eigenvalue weighted by Gasteiger charge is 2.29. The summed E-state index contributed by atoms with van der Waals surface area (Å²) in [5.41, 5.74) is 2.03. The van der Waals surface area contributed by atoms with Crippen LogP contribution in [-0.2, 0) is 20.0 Å². The molecule has 124 valence electrons. The molecule has 1 aromatic carbocycles. The van der Waals surface area contributed by atoms with Gasteiger partial charge in [0.2, 0.25) is 5.91 Å². The lowest BCUT2D eigenvalue weighted by Gasteiger charge is -2.27. The van der Waals surface area contributed by atoms with Gasteiger partial charge in [-0.15, -0.1) is 0 Å². The van der Waals surface area contributed by atoms with Crippen LogP contribution < -0.4 is 5.32 Å². The molecule has 1 rings (SSSR count). The summed E-state index contributed by atoms with van der Waals surface area (Å²) >= 11 is 0. The zero-order chi connectivity index (χ0) is 17.0. The molecule has 0 radical (unpaired) electrons. The van der Waals surface area contributed by atoms with E-state index in [0.717, 1.165) is 11.1 Å².